The minimum Gasteiger partial charge on any atom is -0.370 e. The van der Waals surface area contributed by atoms with Gasteiger partial charge in [0.1, 0.15) is 0 Å². The topological polar surface area (TPSA) is 43.1 Å². The molecule has 0 aliphatic rings. The van der Waals surface area contributed by atoms with Crippen LogP contribution >= 0.6 is 0 Å². The molecule has 2 nitrogen and oxygen atoms in total. The lowest BCUT2D eigenvalue weighted by atomic mass is 10.1. The van der Waals surface area contributed by atoms with Crippen LogP contribution in [0.1, 0.15) is 26.7 Å². The summed E-state index contributed by atoms with van der Waals surface area (Å²) < 4.78 is 0. The number of carbonyl (C=O) groups excluding carboxylic acids is 1. The summed E-state index contributed by atoms with van der Waals surface area (Å²) in [6.07, 6.45) is 1.55. The highest BCUT2D eigenvalue weighted by molar-refractivity contribution is 5.73. The van der Waals surface area contributed by atoms with Crippen molar-refractivity contribution >= 4 is 5.91 Å². The van der Waals surface area contributed by atoms with Gasteiger partial charge in [-0.15, -0.1) is 13.2 Å². The highest BCUT2D eigenvalue weighted by Crippen LogP contribution is 2.03. The Bertz CT molecular complexity index is 91.3. The van der Waals surface area contributed by atoms with Crippen LogP contribution in [0.4, 0.5) is 0 Å². The van der Waals surface area contributed by atoms with Crippen LogP contribution in [0.5, 0.6) is 0 Å². The summed E-state index contributed by atoms with van der Waals surface area (Å²) in [6.45, 7) is 10.1. The third-order valence-corrected chi connectivity index (χ3v) is 1.25. The van der Waals surface area contributed by atoms with Crippen LogP contribution in [0.2, 0.25) is 0 Å². The molecule has 0 aliphatic carbocycles. The van der Waals surface area contributed by atoms with Gasteiger partial charge in [0, 0.05) is 6.42 Å². The molecule has 0 spiro atoms. The Labute approximate surface area is 63.1 Å². The van der Waals surface area contributed by atoms with Gasteiger partial charge in [0.05, 0.1) is 0 Å². The quantitative estimate of drug-likeness (QED) is 0.600. The summed E-state index contributed by atoms with van der Waals surface area (Å²) >= 11 is 0. The lowest BCUT2D eigenvalue weighted by Crippen LogP contribution is -2.13. The first-order valence-electron chi connectivity index (χ1n) is 3.45. The first kappa shape index (κ1) is 11.9. The lowest BCUT2D eigenvalue weighted by Gasteiger charge is -2.01. The first-order valence-corrected chi connectivity index (χ1v) is 3.45. The summed E-state index contributed by atoms with van der Waals surface area (Å²) in [5, 5.41) is 0. The molecule has 0 aliphatic heterocycles. The maximum Gasteiger partial charge on any atom is 0.217 e. The minimum absolute atomic E-state index is 0.195. The Kier molecular flexibility index (Phi) is 9.80. The molecule has 0 saturated heterocycles. The highest BCUT2D eigenvalue weighted by Gasteiger charge is 2.00. The number of rotatable bonds is 3. The molecule has 0 aromatic carbocycles. The van der Waals surface area contributed by atoms with Crippen molar-refractivity contribution in [3.05, 3.63) is 13.2 Å². The van der Waals surface area contributed by atoms with E-state index in [0.717, 1.165) is 6.42 Å². The molecule has 0 radical (unpaired) electrons. The highest BCUT2D eigenvalue weighted by atomic mass is 16.1. The van der Waals surface area contributed by atoms with Crippen molar-refractivity contribution in [1.82, 2.24) is 0 Å². The number of primary amides is 1. The SMILES string of the molecule is C=C.CCC(C)CC(N)=O. The average molecular weight is 143 g/mol. The molecular weight excluding hydrogens is 126 g/mol. The number of hydrogen-bond donors (Lipinski definition) is 1. The van der Waals surface area contributed by atoms with Crippen LogP contribution in [0.25, 0.3) is 0 Å². The van der Waals surface area contributed by atoms with E-state index >= 15 is 0 Å². The molecule has 0 fully saturated rings. The van der Waals surface area contributed by atoms with Crippen molar-refractivity contribution in [2.75, 3.05) is 0 Å². The van der Waals surface area contributed by atoms with Crippen LogP contribution in [0.3, 0.4) is 0 Å². The molecule has 0 aromatic rings. The summed E-state index contributed by atoms with van der Waals surface area (Å²) in [5.74, 6) is 0.256. The fourth-order valence-corrected chi connectivity index (χ4v) is 0.488. The molecule has 0 heterocycles. The molecule has 0 rings (SSSR count). The Morgan fingerprint density at radius 1 is 1.60 bits per heavy atom. The number of hydrogen-bond acceptors (Lipinski definition) is 1. The standard InChI is InChI=1S/C6H13NO.C2H4/c1-3-5(2)4-6(7)8;1-2/h5H,3-4H2,1-2H3,(H2,7,8);1-2H2. The monoisotopic (exact) mass is 143 g/mol. The minimum atomic E-state index is -0.195. The Morgan fingerprint density at radius 3 is 2.10 bits per heavy atom. The zero-order valence-electron chi connectivity index (χ0n) is 6.89. The van der Waals surface area contributed by atoms with Gasteiger partial charge in [-0.2, -0.15) is 0 Å². The summed E-state index contributed by atoms with van der Waals surface area (Å²) in [4.78, 5) is 10.2. The van der Waals surface area contributed by atoms with E-state index < -0.39 is 0 Å². The molecule has 10 heavy (non-hydrogen) atoms. The fourth-order valence-electron chi connectivity index (χ4n) is 0.488. The second-order valence-electron chi connectivity index (χ2n) is 2.18. The average Bonchev–Trinajstić information content (AvgIpc) is 1.91. The molecule has 60 valence electrons. The number of amides is 1. The lowest BCUT2D eigenvalue weighted by molar-refractivity contribution is -0.118. The van der Waals surface area contributed by atoms with Crippen LogP contribution in [-0.4, -0.2) is 5.91 Å². The van der Waals surface area contributed by atoms with Gasteiger partial charge in [0.2, 0.25) is 5.91 Å². The number of nitrogens with two attached hydrogens (primary N) is 1. The van der Waals surface area contributed by atoms with Crippen molar-refractivity contribution in [1.29, 1.82) is 0 Å². The van der Waals surface area contributed by atoms with Gasteiger partial charge in [-0.05, 0) is 5.92 Å². The van der Waals surface area contributed by atoms with Crippen molar-refractivity contribution in [2.45, 2.75) is 26.7 Å². The van der Waals surface area contributed by atoms with E-state index in [1.54, 1.807) is 0 Å². The largest absolute Gasteiger partial charge is 0.370 e. The molecule has 0 aromatic heterocycles. The molecule has 1 atom stereocenters. The maximum atomic E-state index is 10.2. The van der Waals surface area contributed by atoms with Gasteiger partial charge in [0.25, 0.3) is 0 Å². The summed E-state index contributed by atoms with van der Waals surface area (Å²) in [6, 6.07) is 0. The van der Waals surface area contributed by atoms with E-state index in [1.807, 2.05) is 13.8 Å². The summed E-state index contributed by atoms with van der Waals surface area (Å²) in [5.41, 5.74) is 4.93. The van der Waals surface area contributed by atoms with E-state index in [-0.39, 0.29) is 5.91 Å². The van der Waals surface area contributed by atoms with Crippen LogP contribution in [0, 0.1) is 5.92 Å². The van der Waals surface area contributed by atoms with Gasteiger partial charge in [0.15, 0.2) is 0 Å². The third kappa shape index (κ3) is 10.2. The molecule has 1 unspecified atom stereocenters. The molecule has 2 N–H and O–H groups in total. The molecule has 0 saturated carbocycles. The van der Waals surface area contributed by atoms with E-state index in [1.165, 1.54) is 0 Å². The Balaban J connectivity index is 0. The van der Waals surface area contributed by atoms with Gasteiger partial charge in [-0.25, -0.2) is 0 Å². The normalized spacial score (nSPS) is 11.0. The second kappa shape index (κ2) is 8.21. The maximum absolute atomic E-state index is 10.2. The summed E-state index contributed by atoms with van der Waals surface area (Å²) in [7, 11) is 0. The predicted octanol–water partition coefficient (Wildman–Crippen LogP) is 1.71. The first-order chi connectivity index (χ1) is 4.66. The zero-order valence-corrected chi connectivity index (χ0v) is 6.89. The second-order valence-corrected chi connectivity index (χ2v) is 2.18. The van der Waals surface area contributed by atoms with Crippen LogP contribution in [-0.2, 0) is 4.79 Å². The van der Waals surface area contributed by atoms with E-state index in [4.69, 9.17) is 5.73 Å². The molecule has 0 bridgehead atoms. The molecule has 1 amide bonds. The van der Waals surface area contributed by atoms with Crippen molar-refractivity contribution in [2.24, 2.45) is 11.7 Å². The zero-order chi connectivity index (χ0) is 8.57. The predicted molar refractivity (Wildman–Crippen MR) is 44.5 cm³/mol. The van der Waals surface area contributed by atoms with Crippen molar-refractivity contribution < 1.29 is 4.79 Å². The van der Waals surface area contributed by atoms with E-state index in [9.17, 15) is 4.79 Å². The van der Waals surface area contributed by atoms with Crippen molar-refractivity contribution in [3.8, 4) is 0 Å². The van der Waals surface area contributed by atoms with Crippen LogP contribution < -0.4 is 5.73 Å². The third-order valence-electron chi connectivity index (χ3n) is 1.25. The Morgan fingerprint density at radius 2 is 2.00 bits per heavy atom. The van der Waals surface area contributed by atoms with Gasteiger partial charge in [-0.1, -0.05) is 20.3 Å². The fraction of sp³-hybridized carbons (Fsp3) is 0.625. The van der Waals surface area contributed by atoms with Gasteiger partial charge in [-0.3, -0.25) is 4.79 Å². The van der Waals surface area contributed by atoms with Gasteiger partial charge >= 0.3 is 0 Å². The molecular formula is C8H17NO. The van der Waals surface area contributed by atoms with Crippen molar-refractivity contribution in [3.63, 3.8) is 0 Å². The van der Waals surface area contributed by atoms with Crippen LogP contribution in [0.15, 0.2) is 13.2 Å². The Hall–Kier alpha value is -0.790. The molecule has 2 heteroatoms. The number of carbonyl (C=O) groups is 1. The van der Waals surface area contributed by atoms with E-state index in [2.05, 4.69) is 13.2 Å². The van der Waals surface area contributed by atoms with E-state index in [0.29, 0.717) is 12.3 Å². The smallest absolute Gasteiger partial charge is 0.217 e. The van der Waals surface area contributed by atoms with Gasteiger partial charge < -0.3 is 5.73 Å².